The normalized spacial score (nSPS) is 23.0. The number of likely N-dealkylation sites (N-methyl/N-ethyl adjacent to an activating group) is 1. The zero-order chi connectivity index (χ0) is 57.5. The van der Waals surface area contributed by atoms with Crippen molar-refractivity contribution in [1.82, 2.24) is 36.0 Å². The number of carbonyl (C=O) groups excluding carboxylic acids is 6. The molecule has 0 saturated carbocycles. The molecular weight excluding hydrogens is 1050 g/mol. The van der Waals surface area contributed by atoms with Gasteiger partial charge in [-0.15, -0.1) is 0 Å². The van der Waals surface area contributed by atoms with E-state index in [-0.39, 0.29) is 80.7 Å². The number of ether oxygens (including phenoxy) is 2. The summed E-state index contributed by atoms with van der Waals surface area (Å²) in [5, 5.41) is 17.6. The van der Waals surface area contributed by atoms with Gasteiger partial charge in [0.15, 0.2) is 0 Å². The molecule has 0 bridgehead atoms. The van der Waals surface area contributed by atoms with Gasteiger partial charge in [-0.3, -0.25) is 38.6 Å². The molecule has 21 heteroatoms. The van der Waals surface area contributed by atoms with Crippen LogP contribution in [0.1, 0.15) is 87.2 Å². The summed E-state index contributed by atoms with van der Waals surface area (Å²) >= 11 is 0. The number of amides is 6. The lowest BCUT2D eigenvalue weighted by molar-refractivity contribution is -0.144. The highest BCUT2D eigenvalue weighted by atomic mass is 19.1. The molecule has 2 unspecified atom stereocenters. The Morgan fingerprint density at radius 2 is 1.60 bits per heavy atom. The van der Waals surface area contributed by atoms with Crippen molar-refractivity contribution in [2.24, 2.45) is 5.92 Å². The maximum atomic E-state index is 15.0. The number of hydrogen-bond acceptors (Lipinski definition) is 12. The second-order valence-corrected chi connectivity index (χ2v) is 22.5. The Balaban J connectivity index is 0.879. The zero-order valence-electron chi connectivity index (χ0n) is 46.8. The summed E-state index contributed by atoms with van der Waals surface area (Å²) in [7, 11) is 1.62. The minimum atomic E-state index is -1.42. The van der Waals surface area contributed by atoms with Crippen molar-refractivity contribution in [1.29, 1.82) is 0 Å². The Morgan fingerprint density at radius 3 is 2.33 bits per heavy atom. The summed E-state index contributed by atoms with van der Waals surface area (Å²) in [4.78, 5) is 92.9. The van der Waals surface area contributed by atoms with Gasteiger partial charge in [-0.1, -0.05) is 36.4 Å². The molecule has 3 saturated heterocycles. The first-order chi connectivity index (χ1) is 38.9. The second-order valence-electron chi connectivity index (χ2n) is 22.5. The van der Waals surface area contributed by atoms with Crippen molar-refractivity contribution in [3.63, 3.8) is 0 Å². The number of nitrogens with zero attached hydrogens (tertiary/aromatic N) is 4. The SMILES string of the molecule is CNC(C)C(=O)NC(C(=O)N1Cc2ccc(NC(=O)CCCNC(=O)[C@]3(C)CN(C(=O)CN4C[C@@H](C)NC[C@@H]4CN4CCOC[C@H]4C)c4cc(Cc5ccc(F)cc5)ccc43)cc2[C@H]1C(=O)Nc1c(F)cccc1F)C1CCOCC1. The molecule has 7 atom stereocenters. The number of benzene rings is 4. The predicted octanol–water partition coefficient (Wildman–Crippen LogP) is 4.76. The number of halogens is 3. The number of nitrogens with one attached hydrogen (secondary N) is 6. The van der Waals surface area contributed by atoms with Gasteiger partial charge in [-0.05, 0) is 137 Å². The van der Waals surface area contributed by atoms with E-state index in [4.69, 9.17) is 9.47 Å². The lowest BCUT2D eigenvalue weighted by Crippen LogP contribution is -2.62. The maximum absolute atomic E-state index is 15.0. The molecule has 9 rings (SSSR count). The van der Waals surface area contributed by atoms with E-state index in [9.17, 15) is 41.9 Å². The standard InChI is InChI=1S/C60H75F3N10O8/c1-36-30-71(45(29-66-36)32-70-22-25-81-34-37(70)2)33-52(75)73-35-60(4,47-18-13-40(27-50(47)73)26-39-11-15-43(61)16-12-39)59(79)65-21-7-10-51(74)67-44-17-14-42-31-72(55(46(42)28-44)57(77)69-54-48(62)8-6-9-49(54)63)58(78)53(41-19-23-80-24-20-41)68-56(76)38(3)64-5/h6,8-9,11-18,27-28,36-38,41,45,53,55,64,66H,7,10,19-26,29-35H2,1-5H3,(H,65,79)(H,67,74)(H,68,76)(H,69,77)/t36-,37-,38?,45-,53?,55+,60-/m1/s1. The van der Waals surface area contributed by atoms with Crippen LogP contribution in [0.5, 0.6) is 0 Å². The minimum absolute atomic E-state index is 0.0197. The first-order valence-corrected chi connectivity index (χ1v) is 28.2. The Labute approximate surface area is 471 Å². The van der Waals surface area contributed by atoms with Crippen LogP contribution in [-0.2, 0) is 56.6 Å². The van der Waals surface area contributed by atoms with Gasteiger partial charge in [0.05, 0.1) is 31.2 Å². The molecule has 6 N–H and O–H groups in total. The highest BCUT2D eigenvalue weighted by Gasteiger charge is 2.48. The summed E-state index contributed by atoms with van der Waals surface area (Å²) in [6.07, 6.45) is 1.63. The van der Waals surface area contributed by atoms with E-state index >= 15 is 0 Å². The van der Waals surface area contributed by atoms with Crippen LogP contribution >= 0.6 is 0 Å². The summed E-state index contributed by atoms with van der Waals surface area (Å²) in [5.74, 6) is -5.44. The molecular formula is C60H75F3N10O8. The minimum Gasteiger partial charge on any atom is -0.381 e. The lowest BCUT2D eigenvalue weighted by Gasteiger charge is -2.43. The summed E-state index contributed by atoms with van der Waals surface area (Å²) in [6.45, 7) is 13.1. The first-order valence-electron chi connectivity index (χ1n) is 28.2. The number of morpholine rings is 1. The topological polar surface area (TPSA) is 206 Å². The molecule has 0 aromatic heterocycles. The van der Waals surface area contributed by atoms with E-state index < -0.39 is 64.5 Å². The first kappa shape index (κ1) is 58.9. The van der Waals surface area contributed by atoms with Crippen molar-refractivity contribution in [2.75, 3.05) is 94.8 Å². The van der Waals surface area contributed by atoms with Crippen molar-refractivity contribution >= 4 is 52.5 Å². The number of rotatable bonds is 19. The molecule has 3 fully saturated rings. The van der Waals surface area contributed by atoms with E-state index in [1.807, 2.05) is 25.1 Å². The smallest absolute Gasteiger partial charge is 0.252 e. The molecule has 18 nitrogen and oxygen atoms in total. The fourth-order valence-corrected chi connectivity index (χ4v) is 11.8. The van der Waals surface area contributed by atoms with Gasteiger partial charge in [0.2, 0.25) is 29.5 Å². The van der Waals surface area contributed by atoms with Crippen molar-refractivity contribution < 1.29 is 51.4 Å². The van der Waals surface area contributed by atoms with Crippen LogP contribution in [0.25, 0.3) is 0 Å². The molecule has 434 valence electrons. The van der Waals surface area contributed by atoms with Crippen LogP contribution < -0.4 is 36.8 Å². The Kier molecular flexibility index (Phi) is 18.9. The number of fused-ring (bicyclic) bond motifs is 2. The number of hydrogen-bond donors (Lipinski definition) is 6. The average molecular weight is 1120 g/mol. The van der Waals surface area contributed by atoms with Crippen molar-refractivity contribution in [2.45, 2.75) is 108 Å². The second kappa shape index (κ2) is 26.0. The van der Waals surface area contributed by atoms with Crippen LogP contribution in [0, 0.1) is 23.4 Å². The van der Waals surface area contributed by atoms with Crippen LogP contribution in [0.4, 0.5) is 30.2 Å². The molecule has 5 aliphatic rings. The van der Waals surface area contributed by atoms with Gasteiger partial charge in [0.25, 0.3) is 5.91 Å². The molecule has 0 aliphatic carbocycles. The molecule has 5 heterocycles. The Hall–Kier alpha value is -6.75. The lowest BCUT2D eigenvalue weighted by atomic mass is 9.83. The van der Waals surface area contributed by atoms with Gasteiger partial charge >= 0.3 is 0 Å². The van der Waals surface area contributed by atoms with Gasteiger partial charge in [0, 0.05) is 94.9 Å². The fraction of sp³-hybridized carbons (Fsp3) is 0.500. The van der Waals surface area contributed by atoms with Crippen LogP contribution in [0.15, 0.2) is 78.9 Å². The predicted molar refractivity (Wildman–Crippen MR) is 300 cm³/mol. The monoisotopic (exact) mass is 1120 g/mol. The number of para-hydroxylation sites is 1. The number of piperazine rings is 1. The zero-order valence-corrected chi connectivity index (χ0v) is 46.8. The van der Waals surface area contributed by atoms with E-state index in [0.717, 1.165) is 49.0 Å². The highest BCUT2D eigenvalue weighted by molar-refractivity contribution is 6.03. The van der Waals surface area contributed by atoms with Crippen LogP contribution in [0.3, 0.4) is 0 Å². The molecule has 81 heavy (non-hydrogen) atoms. The van der Waals surface area contributed by atoms with Gasteiger partial charge < -0.3 is 51.2 Å². The van der Waals surface area contributed by atoms with Crippen molar-refractivity contribution in [3.05, 3.63) is 124 Å². The van der Waals surface area contributed by atoms with E-state index in [1.54, 1.807) is 49.2 Å². The molecule has 6 amide bonds. The number of anilines is 3. The molecule has 0 spiro atoms. The largest absolute Gasteiger partial charge is 0.381 e. The van der Waals surface area contributed by atoms with Gasteiger partial charge in [-0.25, -0.2) is 13.2 Å². The Bertz CT molecular complexity index is 2940. The van der Waals surface area contributed by atoms with Gasteiger partial charge in [-0.2, -0.15) is 0 Å². The van der Waals surface area contributed by atoms with E-state index in [0.29, 0.717) is 80.3 Å². The quantitative estimate of drug-likeness (QED) is 0.0704. The molecule has 4 aromatic carbocycles. The fourth-order valence-electron chi connectivity index (χ4n) is 11.8. The van der Waals surface area contributed by atoms with Gasteiger partial charge in [0.1, 0.15) is 35.2 Å². The van der Waals surface area contributed by atoms with Crippen LogP contribution in [0.2, 0.25) is 0 Å². The van der Waals surface area contributed by atoms with E-state index in [2.05, 4.69) is 55.5 Å². The summed E-state index contributed by atoms with van der Waals surface area (Å²) in [6, 6.07) is 17.5. The molecule has 0 radical (unpaired) electrons. The maximum Gasteiger partial charge on any atom is 0.252 e. The van der Waals surface area contributed by atoms with Crippen LogP contribution in [-0.4, -0.2) is 160 Å². The number of carbonyl (C=O) groups is 6. The van der Waals surface area contributed by atoms with Crippen molar-refractivity contribution in [3.8, 4) is 0 Å². The molecule has 4 aromatic rings. The molecule has 5 aliphatic heterocycles. The third-order valence-electron chi connectivity index (χ3n) is 16.7. The average Bonchev–Trinajstić information content (AvgIpc) is 4.20. The summed E-state index contributed by atoms with van der Waals surface area (Å²) in [5.41, 5.74) is 2.44. The van der Waals surface area contributed by atoms with E-state index in [1.165, 1.54) is 17.0 Å². The third-order valence-corrected chi connectivity index (χ3v) is 16.7. The third kappa shape index (κ3) is 13.6. The Morgan fingerprint density at radius 1 is 0.864 bits per heavy atom. The highest BCUT2D eigenvalue weighted by Crippen LogP contribution is 2.43. The summed E-state index contributed by atoms with van der Waals surface area (Å²) < 4.78 is 55.1.